The number of ether oxygens (including phenoxy) is 1. The quantitative estimate of drug-likeness (QED) is 0.676. The highest BCUT2D eigenvalue weighted by atomic mass is 19.1. The lowest BCUT2D eigenvalue weighted by molar-refractivity contribution is -0.385. The zero-order valence-electron chi connectivity index (χ0n) is 11.8. The first-order chi connectivity index (χ1) is 10.4. The lowest BCUT2D eigenvalue weighted by atomic mass is 10.1. The second-order valence-electron chi connectivity index (χ2n) is 4.92. The van der Waals surface area contributed by atoms with Crippen molar-refractivity contribution in [3.8, 4) is 11.5 Å². The minimum Gasteiger partial charge on any atom is -0.447 e. The molecule has 0 spiro atoms. The van der Waals surface area contributed by atoms with Crippen LogP contribution in [0.2, 0.25) is 0 Å². The predicted octanol–water partition coefficient (Wildman–Crippen LogP) is 3.56. The second-order valence-corrected chi connectivity index (χ2v) is 4.92. The van der Waals surface area contributed by atoms with Gasteiger partial charge in [0.05, 0.1) is 4.92 Å². The summed E-state index contributed by atoms with van der Waals surface area (Å²) in [6, 6.07) is 6.90. The van der Waals surface area contributed by atoms with Gasteiger partial charge >= 0.3 is 5.69 Å². The van der Waals surface area contributed by atoms with Crippen LogP contribution in [-0.2, 0) is 6.42 Å². The molecule has 0 fully saturated rings. The maximum absolute atomic E-state index is 13.6. The number of nitrogens with zero attached hydrogens (tertiary/aromatic N) is 1. The zero-order chi connectivity index (χ0) is 16.3. The first-order valence-electron chi connectivity index (χ1n) is 6.52. The van der Waals surface area contributed by atoms with E-state index in [0.717, 1.165) is 12.1 Å². The summed E-state index contributed by atoms with van der Waals surface area (Å²) >= 11 is 0. The summed E-state index contributed by atoms with van der Waals surface area (Å²) < 4.78 is 31.6. The maximum atomic E-state index is 13.6. The van der Waals surface area contributed by atoms with E-state index in [1.807, 2.05) is 0 Å². The molecule has 2 rings (SSSR count). The molecule has 0 saturated heterocycles. The molecule has 22 heavy (non-hydrogen) atoms. The van der Waals surface area contributed by atoms with E-state index >= 15 is 0 Å². The van der Waals surface area contributed by atoms with Gasteiger partial charge in [-0.1, -0.05) is 6.07 Å². The third-order valence-electron chi connectivity index (χ3n) is 2.89. The largest absolute Gasteiger partial charge is 0.447 e. The molecule has 1 unspecified atom stereocenters. The highest BCUT2D eigenvalue weighted by molar-refractivity contribution is 5.50. The first-order valence-corrected chi connectivity index (χ1v) is 6.52. The second kappa shape index (κ2) is 6.48. The molecule has 7 heteroatoms. The third kappa shape index (κ3) is 3.76. The van der Waals surface area contributed by atoms with Crippen LogP contribution in [0.15, 0.2) is 36.4 Å². The van der Waals surface area contributed by atoms with E-state index in [4.69, 9.17) is 10.5 Å². The van der Waals surface area contributed by atoms with Gasteiger partial charge in [0, 0.05) is 18.2 Å². The fraction of sp³-hybridized carbons (Fsp3) is 0.200. The smallest absolute Gasteiger partial charge is 0.311 e. The lowest BCUT2D eigenvalue weighted by Crippen LogP contribution is -2.17. The van der Waals surface area contributed by atoms with Crippen LogP contribution in [0.1, 0.15) is 12.5 Å². The molecule has 0 radical (unpaired) electrons. The monoisotopic (exact) mass is 308 g/mol. The molecule has 1 atom stereocenters. The van der Waals surface area contributed by atoms with Gasteiger partial charge in [-0.2, -0.15) is 0 Å². The number of benzene rings is 2. The van der Waals surface area contributed by atoms with Crippen LogP contribution in [0, 0.1) is 21.7 Å². The average molecular weight is 308 g/mol. The summed E-state index contributed by atoms with van der Waals surface area (Å²) in [5, 5.41) is 11.1. The number of nitrogens with two attached hydrogens (primary N) is 1. The molecule has 0 amide bonds. The van der Waals surface area contributed by atoms with E-state index in [9.17, 15) is 18.9 Å². The van der Waals surface area contributed by atoms with Gasteiger partial charge in [-0.05, 0) is 37.1 Å². The lowest BCUT2D eigenvalue weighted by Gasteiger charge is -2.10. The van der Waals surface area contributed by atoms with Crippen LogP contribution < -0.4 is 10.5 Å². The van der Waals surface area contributed by atoms with Crippen molar-refractivity contribution < 1.29 is 18.4 Å². The molecule has 0 aromatic heterocycles. The predicted molar refractivity (Wildman–Crippen MR) is 76.9 cm³/mol. The Labute approximate surface area is 125 Å². The van der Waals surface area contributed by atoms with Crippen molar-refractivity contribution in [2.75, 3.05) is 0 Å². The Morgan fingerprint density at radius 2 is 1.91 bits per heavy atom. The van der Waals surface area contributed by atoms with Crippen molar-refractivity contribution in [3.05, 3.63) is 63.7 Å². The molecule has 0 aliphatic rings. The number of hydrogen-bond donors (Lipinski definition) is 1. The van der Waals surface area contributed by atoms with E-state index in [-0.39, 0.29) is 23.2 Å². The summed E-state index contributed by atoms with van der Waals surface area (Å²) in [5.41, 5.74) is 6.03. The molecule has 2 aromatic rings. The van der Waals surface area contributed by atoms with Crippen LogP contribution in [-0.4, -0.2) is 11.0 Å². The first kappa shape index (κ1) is 15.8. The third-order valence-corrected chi connectivity index (χ3v) is 2.89. The van der Waals surface area contributed by atoms with Gasteiger partial charge in [0.25, 0.3) is 0 Å². The Balaban J connectivity index is 2.35. The van der Waals surface area contributed by atoms with Crippen LogP contribution in [0.5, 0.6) is 11.5 Å². The molecule has 0 bridgehead atoms. The molecular weight excluding hydrogens is 294 g/mol. The average Bonchev–Trinajstić information content (AvgIpc) is 2.42. The molecule has 0 heterocycles. The maximum Gasteiger partial charge on any atom is 0.311 e. The Hall–Kier alpha value is -2.54. The van der Waals surface area contributed by atoms with Gasteiger partial charge < -0.3 is 10.5 Å². The molecule has 116 valence electrons. The van der Waals surface area contributed by atoms with Crippen LogP contribution >= 0.6 is 0 Å². The number of nitro groups is 1. The van der Waals surface area contributed by atoms with Gasteiger partial charge in [0.15, 0.2) is 11.6 Å². The number of rotatable bonds is 5. The molecule has 5 nitrogen and oxygen atoms in total. The van der Waals surface area contributed by atoms with Crippen molar-refractivity contribution in [1.82, 2.24) is 0 Å². The Morgan fingerprint density at radius 1 is 1.23 bits per heavy atom. The SMILES string of the molecule is CC(N)Cc1ccc(Oc2ccc(F)cc2F)c([N+](=O)[O-])c1. The van der Waals surface area contributed by atoms with E-state index in [1.54, 1.807) is 13.0 Å². The Kier molecular flexibility index (Phi) is 4.67. The van der Waals surface area contributed by atoms with E-state index in [2.05, 4.69) is 0 Å². The number of halogens is 2. The normalized spacial score (nSPS) is 12.0. The van der Waals surface area contributed by atoms with Crippen molar-refractivity contribution in [1.29, 1.82) is 0 Å². The highest BCUT2D eigenvalue weighted by Crippen LogP contribution is 2.33. The van der Waals surface area contributed by atoms with Gasteiger partial charge in [-0.3, -0.25) is 10.1 Å². The summed E-state index contributed by atoms with van der Waals surface area (Å²) in [5.74, 6) is -2.10. The number of nitro benzene ring substituents is 1. The van der Waals surface area contributed by atoms with Crippen LogP contribution in [0.3, 0.4) is 0 Å². The van der Waals surface area contributed by atoms with Crippen molar-refractivity contribution >= 4 is 5.69 Å². The van der Waals surface area contributed by atoms with Gasteiger partial charge in [0.2, 0.25) is 5.75 Å². The molecule has 2 N–H and O–H groups in total. The fourth-order valence-corrected chi connectivity index (χ4v) is 1.97. The standard InChI is InChI=1S/C15H14F2N2O3/c1-9(18)6-10-2-4-15(13(7-10)19(20)21)22-14-5-3-11(16)8-12(14)17/h2-5,7-9H,6,18H2,1H3. The molecular formula is C15H14F2N2O3. The summed E-state index contributed by atoms with van der Waals surface area (Å²) in [6.07, 6.45) is 0.464. The van der Waals surface area contributed by atoms with E-state index < -0.39 is 16.6 Å². The van der Waals surface area contributed by atoms with Gasteiger partial charge in [-0.15, -0.1) is 0 Å². The molecule has 0 saturated carbocycles. The van der Waals surface area contributed by atoms with E-state index in [1.165, 1.54) is 12.1 Å². The summed E-state index contributed by atoms with van der Waals surface area (Å²) in [6.45, 7) is 1.78. The van der Waals surface area contributed by atoms with Crippen molar-refractivity contribution in [2.24, 2.45) is 5.73 Å². The van der Waals surface area contributed by atoms with Crippen LogP contribution in [0.4, 0.5) is 14.5 Å². The fourth-order valence-electron chi connectivity index (χ4n) is 1.97. The Bertz CT molecular complexity index is 705. The molecule has 0 aliphatic carbocycles. The zero-order valence-corrected chi connectivity index (χ0v) is 11.8. The van der Waals surface area contributed by atoms with E-state index in [0.29, 0.717) is 18.1 Å². The van der Waals surface area contributed by atoms with Crippen LogP contribution in [0.25, 0.3) is 0 Å². The minimum atomic E-state index is -0.936. The molecule has 0 aliphatic heterocycles. The summed E-state index contributed by atoms with van der Waals surface area (Å²) in [7, 11) is 0. The van der Waals surface area contributed by atoms with Gasteiger partial charge in [-0.25, -0.2) is 8.78 Å². The van der Waals surface area contributed by atoms with Crippen molar-refractivity contribution in [2.45, 2.75) is 19.4 Å². The number of hydrogen-bond acceptors (Lipinski definition) is 4. The Morgan fingerprint density at radius 3 is 2.50 bits per heavy atom. The highest BCUT2D eigenvalue weighted by Gasteiger charge is 2.18. The summed E-state index contributed by atoms with van der Waals surface area (Å²) in [4.78, 5) is 10.5. The van der Waals surface area contributed by atoms with Crippen molar-refractivity contribution in [3.63, 3.8) is 0 Å². The molecule has 2 aromatic carbocycles. The topological polar surface area (TPSA) is 78.4 Å². The minimum absolute atomic E-state index is 0.121. The van der Waals surface area contributed by atoms with Gasteiger partial charge in [0.1, 0.15) is 5.82 Å².